The molecule has 0 amide bonds. The van der Waals surface area contributed by atoms with Crippen molar-refractivity contribution in [2.75, 3.05) is 12.3 Å². The molecular weight excluding hydrogens is 192 g/mol. The molecule has 0 fully saturated rings. The van der Waals surface area contributed by atoms with Gasteiger partial charge in [-0.1, -0.05) is 25.8 Å². The van der Waals surface area contributed by atoms with Crippen molar-refractivity contribution in [3.8, 4) is 0 Å². The van der Waals surface area contributed by atoms with E-state index in [1.54, 1.807) is 0 Å². The quantitative estimate of drug-likeness (QED) is 0.484. The van der Waals surface area contributed by atoms with Gasteiger partial charge in [0, 0.05) is 17.8 Å². The summed E-state index contributed by atoms with van der Waals surface area (Å²) >= 11 is 1.83. The van der Waals surface area contributed by atoms with Gasteiger partial charge in [0.05, 0.1) is 0 Å². The molecule has 1 unspecified atom stereocenters. The zero-order valence-electron chi connectivity index (χ0n) is 10.3. The number of hydrogen-bond donors (Lipinski definition) is 2. The minimum absolute atomic E-state index is 0.582. The molecule has 0 spiro atoms. The molecule has 2 N–H and O–H groups in total. The van der Waals surface area contributed by atoms with Gasteiger partial charge >= 0.3 is 0 Å². The van der Waals surface area contributed by atoms with Gasteiger partial charge in [0.25, 0.3) is 0 Å². The molecule has 0 saturated heterocycles. The Morgan fingerprint density at radius 2 is 1.71 bits per heavy atom. The fraction of sp³-hybridized carbons (Fsp3) is 1.00. The normalized spacial score (nSPS) is 13.9. The van der Waals surface area contributed by atoms with E-state index >= 15 is 0 Å². The predicted octanol–water partition coefficient (Wildman–Crippen LogP) is 2.66. The van der Waals surface area contributed by atoms with E-state index in [4.69, 9.17) is 0 Å². The Kier molecular flexibility index (Phi) is 8.73. The van der Waals surface area contributed by atoms with E-state index in [0.717, 1.165) is 12.5 Å². The minimum atomic E-state index is 0.582. The summed E-state index contributed by atoms with van der Waals surface area (Å²) < 4.78 is 3.35. The largest absolute Gasteiger partial charge is 0.314 e. The van der Waals surface area contributed by atoms with E-state index in [2.05, 4.69) is 44.7 Å². The summed E-state index contributed by atoms with van der Waals surface area (Å²) in [5, 5.41) is 3.53. The van der Waals surface area contributed by atoms with Crippen LogP contribution in [-0.4, -0.2) is 24.4 Å². The highest BCUT2D eigenvalue weighted by Crippen LogP contribution is 2.02. The highest BCUT2D eigenvalue weighted by atomic mass is 32.2. The Labute approximate surface area is 93.7 Å². The first kappa shape index (κ1) is 14.3. The zero-order valence-corrected chi connectivity index (χ0v) is 11.1. The van der Waals surface area contributed by atoms with Crippen LogP contribution in [0.5, 0.6) is 0 Å². The molecule has 0 aromatic rings. The topological polar surface area (TPSA) is 24.1 Å². The van der Waals surface area contributed by atoms with Gasteiger partial charge in [-0.2, -0.15) is 0 Å². The van der Waals surface area contributed by atoms with Crippen molar-refractivity contribution in [2.45, 2.75) is 53.1 Å². The van der Waals surface area contributed by atoms with Crippen molar-refractivity contribution in [1.29, 1.82) is 0 Å². The number of hydrogen-bond acceptors (Lipinski definition) is 3. The van der Waals surface area contributed by atoms with Crippen LogP contribution in [-0.2, 0) is 0 Å². The monoisotopic (exact) mass is 218 g/mol. The summed E-state index contributed by atoms with van der Waals surface area (Å²) in [6.07, 6.45) is 1.23. The van der Waals surface area contributed by atoms with Gasteiger partial charge in [-0.05, 0) is 39.7 Å². The molecule has 0 aromatic carbocycles. The molecule has 0 aromatic heterocycles. The molecule has 1 atom stereocenters. The van der Waals surface area contributed by atoms with Crippen molar-refractivity contribution in [3.63, 3.8) is 0 Å². The third-order valence-electron chi connectivity index (χ3n) is 1.85. The van der Waals surface area contributed by atoms with E-state index in [0.29, 0.717) is 12.1 Å². The van der Waals surface area contributed by atoms with Crippen molar-refractivity contribution in [1.82, 2.24) is 10.0 Å². The van der Waals surface area contributed by atoms with Crippen LogP contribution in [0.15, 0.2) is 0 Å². The third kappa shape index (κ3) is 10.4. The standard InChI is InChI=1S/C11H26N2S/c1-9(2)8-12-11(5)6-7-14-13-10(3)4/h9-13H,6-8H2,1-5H3. The molecule has 0 aliphatic carbocycles. The number of nitrogens with one attached hydrogen (secondary N) is 2. The van der Waals surface area contributed by atoms with E-state index in [1.807, 2.05) is 11.9 Å². The van der Waals surface area contributed by atoms with Crippen LogP contribution < -0.4 is 10.0 Å². The molecule has 0 aliphatic rings. The van der Waals surface area contributed by atoms with Crippen LogP contribution >= 0.6 is 11.9 Å². The molecule has 0 saturated carbocycles. The highest BCUT2D eigenvalue weighted by molar-refractivity contribution is 7.97. The van der Waals surface area contributed by atoms with E-state index < -0.39 is 0 Å². The summed E-state index contributed by atoms with van der Waals surface area (Å²) in [5.74, 6) is 1.93. The minimum Gasteiger partial charge on any atom is -0.314 e. The Bertz CT molecular complexity index is 126. The first-order chi connectivity index (χ1) is 6.52. The fourth-order valence-electron chi connectivity index (χ4n) is 1.00. The lowest BCUT2D eigenvalue weighted by atomic mass is 10.2. The van der Waals surface area contributed by atoms with Crippen molar-refractivity contribution >= 4 is 11.9 Å². The van der Waals surface area contributed by atoms with Gasteiger partial charge in [-0.3, -0.25) is 4.72 Å². The van der Waals surface area contributed by atoms with Crippen molar-refractivity contribution in [3.05, 3.63) is 0 Å². The molecule has 0 radical (unpaired) electrons. The lowest BCUT2D eigenvalue weighted by Gasteiger charge is -2.15. The first-order valence-corrected chi connectivity index (χ1v) is 6.61. The molecular formula is C11H26N2S. The van der Waals surface area contributed by atoms with Gasteiger partial charge in [0.2, 0.25) is 0 Å². The van der Waals surface area contributed by atoms with Crippen molar-refractivity contribution in [2.24, 2.45) is 5.92 Å². The summed E-state index contributed by atoms with van der Waals surface area (Å²) in [4.78, 5) is 0. The maximum atomic E-state index is 3.53. The highest BCUT2D eigenvalue weighted by Gasteiger charge is 2.02. The molecule has 3 heteroatoms. The van der Waals surface area contributed by atoms with Gasteiger partial charge in [0.1, 0.15) is 0 Å². The fourth-order valence-corrected chi connectivity index (χ4v) is 1.92. The van der Waals surface area contributed by atoms with Crippen molar-refractivity contribution < 1.29 is 0 Å². The van der Waals surface area contributed by atoms with Gasteiger partial charge in [0.15, 0.2) is 0 Å². The average Bonchev–Trinajstić information content (AvgIpc) is 2.08. The second-order valence-corrected chi connectivity index (χ2v) is 5.55. The molecule has 2 nitrogen and oxygen atoms in total. The first-order valence-electron chi connectivity index (χ1n) is 5.63. The van der Waals surface area contributed by atoms with Gasteiger partial charge in [-0.25, -0.2) is 0 Å². The van der Waals surface area contributed by atoms with Crippen LogP contribution in [0.1, 0.15) is 41.0 Å². The van der Waals surface area contributed by atoms with E-state index in [9.17, 15) is 0 Å². The second-order valence-electron chi connectivity index (χ2n) is 4.61. The molecule has 0 heterocycles. The summed E-state index contributed by atoms with van der Waals surface area (Å²) in [7, 11) is 0. The second kappa shape index (κ2) is 8.57. The lowest BCUT2D eigenvalue weighted by molar-refractivity contribution is 0.477. The lowest BCUT2D eigenvalue weighted by Crippen LogP contribution is -2.30. The third-order valence-corrected chi connectivity index (χ3v) is 2.92. The average molecular weight is 218 g/mol. The SMILES string of the molecule is CC(C)CNC(C)CCSNC(C)C. The Hall–Kier alpha value is 0.270. The summed E-state index contributed by atoms with van der Waals surface area (Å²) in [5.41, 5.74) is 0. The molecule has 0 aliphatic heterocycles. The van der Waals surface area contributed by atoms with Crippen LogP contribution in [0.3, 0.4) is 0 Å². The number of rotatable bonds is 8. The Morgan fingerprint density at radius 3 is 2.21 bits per heavy atom. The van der Waals surface area contributed by atoms with Gasteiger partial charge < -0.3 is 5.32 Å². The molecule has 0 bridgehead atoms. The van der Waals surface area contributed by atoms with E-state index in [-0.39, 0.29) is 0 Å². The maximum Gasteiger partial charge on any atom is 0.0115 e. The Balaban J connectivity index is 3.22. The predicted molar refractivity (Wildman–Crippen MR) is 67.6 cm³/mol. The van der Waals surface area contributed by atoms with Crippen LogP contribution in [0, 0.1) is 5.92 Å². The smallest absolute Gasteiger partial charge is 0.0115 e. The maximum absolute atomic E-state index is 3.53. The van der Waals surface area contributed by atoms with Gasteiger partial charge in [-0.15, -0.1) is 0 Å². The molecule has 86 valence electrons. The van der Waals surface area contributed by atoms with Crippen LogP contribution in [0.4, 0.5) is 0 Å². The molecule has 0 rings (SSSR count). The van der Waals surface area contributed by atoms with E-state index in [1.165, 1.54) is 12.2 Å². The zero-order chi connectivity index (χ0) is 11.0. The molecule has 14 heavy (non-hydrogen) atoms. The summed E-state index contributed by atoms with van der Waals surface area (Å²) in [6, 6.07) is 1.22. The Morgan fingerprint density at radius 1 is 1.07 bits per heavy atom. The van der Waals surface area contributed by atoms with Crippen LogP contribution in [0.2, 0.25) is 0 Å². The van der Waals surface area contributed by atoms with Crippen LogP contribution in [0.25, 0.3) is 0 Å². The summed E-state index contributed by atoms with van der Waals surface area (Å²) in [6.45, 7) is 12.2.